The summed E-state index contributed by atoms with van der Waals surface area (Å²) in [6.07, 6.45) is -1.68. The third-order valence-electron chi connectivity index (χ3n) is 1.86. The normalized spacial score (nSPS) is 9.61. The summed E-state index contributed by atoms with van der Waals surface area (Å²) in [6, 6.07) is 4.49. The van der Waals surface area contributed by atoms with Crippen LogP contribution in [0.3, 0.4) is 0 Å². The second-order valence-corrected chi connectivity index (χ2v) is 4.30. The number of hydrogen-bond acceptors (Lipinski definition) is 6. The van der Waals surface area contributed by atoms with Gasteiger partial charge in [-0.3, -0.25) is 0 Å². The monoisotopic (exact) mass is 293 g/mol. The quantitative estimate of drug-likeness (QED) is 0.561. The van der Waals surface area contributed by atoms with E-state index in [0.29, 0.717) is 15.6 Å². The van der Waals surface area contributed by atoms with Gasteiger partial charge >= 0.3 is 29.6 Å². The number of rotatable bonds is 2. The number of aromatic hydroxyl groups is 1. The Morgan fingerprint density at radius 2 is 2.22 bits per heavy atom. The first kappa shape index (κ1) is 15.3. The standard InChI is InChI=1S/C10H6ClNO4S.Na/c11-5-1-2-7(13)6(3-5)9-12-8(4-17-9)16-10(14)15;/h1-4,13H,(H,14,15);/q;+1/p-1. The number of thiazole rings is 1. The minimum Gasteiger partial charge on any atom is -0.507 e. The van der Waals surface area contributed by atoms with Gasteiger partial charge in [0.15, 0.2) is 5.88 Å². The van der Waals surface area contributed by atoms with Crippen molar-refractivity contribution < 1.29 is 49.3 Å². The smallest absolute Gasteiger partial charge is 0.507 e. The molecule has 0 fully saturated rings. The molecule has 18 heavy (non-hydrogen) atoms. The van der Waals surface area contributed by atoms with E-state index in [-0.39, 0.29) is 41.2 Å². The molecule has 2 aromatic rings. The van der Waals surface area contributed by atoms with Crippen molar-refractivity contribution in [2.24, 2.45) is 0 Å². The summed E-state index contributed by atoms with van der Waals surface area (Å²) in [5.41, 5.74) is 0.413. The Kier molecular flexibility index (Phi) is 5.43. The molecule has 2 rings (SSSR count). The van der Waals surface area contributed by atoms with Gasteiger partial charge < -0.3 is 19.7 Å². The Labute approximate surface area is 133 Å². The van der Waals surface area contributed by atoms with Gasteiger partial charge in [-0.15, -0.1) is 11.3 Å². The predicted octanol–water partition coefficient (Wildman–Crippen LogP) is -1.10. The fourth-order valence-corrected chi connectivity index (χ4v) is 2.11. The largest absolute Gasteiger partial charge is 1.00 e. The van der Waals surface area contributed by atoms with Crippen LogP contribution in [0.1, 0.15) is 0 Å². The van der Waals surface area contributed by atoms with Gasteiger partial charge in [-0.25, -0.2) is 4.98 Å². The van der Waals surface area contributed by atoms with E-state index in [0.717, 1.165) is 11.3 Å². The second-order valence-electron chi connectivity index (χ2n) is 3.00. The molecular weight excluding hydrogens is 289 g/mol. The molecule has 1 N–H and O–H groups in total. The Balaban J connectivity index is 0.00000162. The number of nitrogens with zero attached hydrogens (tertiary/aromatic N) is 1. The predicted molar refractivity (Wildman–Crippen MR) is 60.2 cm³/mol. The van der Waals surface area contributed by atoms with E-state index < -0.39 is 6.16 Å². The number of phenols is 1. The molecule has 0 unspecified atom stereocenters. The summed E-state index contributed by atoms with van der Waals surface area (Å²) in [7, 11) is 0. The third kappa shape index (κ3) is 3.60. The van der Waals surface area contributed by atoms with Crippen molar-refractivity contribution in [3.05, 3.63) is 28.6 Å². The third-order valence-corrected chi connectivity index (χ3v) is 2.95. The summed E-state index contributed by atoms with van der Waals surface area (Å²) in [6.45, 7) is 0. The van der Waals surface area contributed by atoms with Crippen LogP contribution in [-0.2, 0) is 0 Å². The molecule has 1 aromatic heterocycles. The van der Waals surface area contributed by atoms with Gasteiger partial charge in [0.1, 0.15) is 10.8 Å². The van der Waals surface area contributed by atoms with Crippen molar-refractivity contribution in [3.63, 3.8) is 0 Å². The topological polar surface area (TPSA) is 82.5 Å². The van der Waals surface area contributed by atoms with Crippen LogP contribution in [0.5, 0.6) is 11.6 Å². The van der Waals surface area contributed by atoms with Crippen LogP contribution >= 0.6 is 22.9 Å². The van der Waals surface area contributed by atoms with Crippen molar-refractivity contribution >= 4 is 29.1 Å². The van der Waals surface area contributed by atoms with E-state index in [1.165, 1.54) is 23.6 Å². The zero-order chi connectivity index (χ0) is 12.4. The first-order valence-electron chi connectivity index (χ1n) is 4.39. The van der Waals surface area contributed by atoms with Crippen molar-refractivity contribution in [1.29, 1.82) is 0 Å². The number of halogens is 1. The molecule has 5 nitrogen and oxygen atoms in total. The fraction of sp³-hybridized carbons (Fsp3) is 0. The Hall–Kier alpha value is -0.790. The maximum Gasteiger partial charge on any atom is 1.00 e. The van der Waals surface area contributed by atoms with Crippen molar-refractivity contribution in [2.45, 2.75) is 0 Å². The van der Waals surface area contributed by atoms with Gasteiger partial charge in [0.2, 0.25) is 0 Å². The van der Waals surface area contributed by atoms with Gasteiger partial charge in [0.25, 0.3) is 6.16 Å². The number of hydrogen-bond donors (Lipinski definition) is 1. The number of phenolic OH excluding ortho intramolecular Hbond substituents is 1. The molecule has 0 amide bonds. The molecule has 0 aliphatic carbocycles. The summed E-state index contributed by atoms with van der Waals surface area (Å²) in [4.78, 5) is 14.1. The van der Waals surface area contributed by atoms with Crippen LogP contribution in [0, 0.1) is 0 Å². The minimum absolute atomic E-state index is 0. The Bertz CT molecular complexity index is 575. The number of aromatic nitrogens is 1. The molecule has 0 aliphatic rings. The fourth-order valence-electron chi connectivity index (χ4n) is 1.19. The van der Waals surface area contributed by atoms with Crippen LogP contribution in [0.25, 0.3) is 10.6 Å². The van der Waals surface area contributed by atoms with E-state index in [1.54, 1.807) is 0 Å². The SMILES string of the molecule is O=C([O-])Oc1csc(-c2cc(Cl)ccc2O)n1.[Na+]. The first-order chi connectivity index (χ1) is 8.06. The maximum absolute atomic E-state index is 10.2. The van der Waals surface area contributed by atoms with Crippen LogP contribution < -0.4 is 39.4 Å². The van der Waals surface area contributed by atoms with E-state index >= 15 is 0 Å². The summed E-state index contributed by atoms with van der Waals surface area (Å²) in [5, 5.41) is 22.1. The Morgan fingerprint density at radius 3 is 2.89 bits per heavy atom. The van der Waals surface area contributed by atoms with Crippen molar-refractivity contribution in [2.75, 3.05) is 0 Å². The van der Waals surface area contributed by atoms with Crippen LogP contribution in [-0.4, -0.2) is 16.2 Å². The van der Waals surface area contributed by atoms with E-state index in [2.05, 4.69) is 9.72 Å². The number of carbonyl (C=O) groups excluding carboxylic acids is 1. The second kappa shape index (κ2) is 6.40. The molecule has 0 atom stereocenters. The molecule has 0 aliphatic heterocycles. The van der Waals surface area contributed by atoms with Gasteiger partial charge in [-0.05, 0) is 18.2 Å². The van der Waals surface area contributed by atoms with Gasteiger partial charge in [-0.1, -0.05) is 11.6 Å². The number of benzene rings is 1. The summed E-state index contributed by atoms with van der Waals surface area (Å²) in [5.74, 6) is -0.0897. The molecule has 0 saturated carbocycles. The number of carboxylic acid groups (broad SMARTS) is 1. The first-order valence-corrected chi connectivity index (χ1v) is 5.65. The maximum atomic E-state index is 10.2. The molecular formula is C10H5ClNNaO4S. The molecule has 0 spiro atoms. The van der Waals surface area contributed by atoms with E-state index in [9.17, 15) is 15.0 Å². The molecule has 1 aromatic carbocycles. The molecule has 1 heterocycles. The zero-order valence-electron chi connectivity index (χ0n) is 9.21. The zero-order valence-corrected chi connectivity index (χ0v) is 12.8. The Morgan fingerprint density at radius 1 is 1.50 bits per heavy atom. The average Bonchev–Trinajstić information content (AvgIpc) is 2.69. The van der Waals surface area contributed by atoms with E-state index in [4.69, 9.17) is 11.6 Å². The van der Waals surface area contributed by atoms with Crippen molar-refractivity contribution in [1.82, 2.24) is 4.98 Å². The molecule has 8 heteroatoms. The summed E-state index contributed by atoms with van der Waals surface area (Å²) >= 11 is 6.91. The minimum atomic E-state index is -1.68. The van der Waals surface area contributed by atoms with Crippen LogP contribution in [0.4, 0.5) is 4.79 Å². The van der Waals surface area contributed by atoms with Crippen molar-refractivity contribution in [3.8, 4) is 22.2 Å². The molecule has 0 bridgehead atoms. The number of ether oxygens (including phenoxy) is 1. The number of carbonyl (C=O) groups is 1. The van der Waals surface area contributed by atoms with E-state index in [1.807, 2.05) is 0 Å². The van der Waals surface area contributed by atoms with Gasteiger partial charge in [-0.2, -0.15) is 0 Å². The van der Waals surface area contributed by atoms with Gasteiger partial charge in [0, 0.05) is 10.4 Å². The molecule has 88 valence electrons. The summed E-state index contributed by atoms with van der Waals surface area (Å²) < 4.78 is 4.28. The average molecular weight is 294 g/mol. The van der Waals surface area contributed by atoms with Crippen LogP contribution in [0.2, 0.25) is 5.02 Å². The molecule has 0 radical (unpaired) electrons. The van der Waals surface area contributed by atoms with Crippen LogP contribution in [0.15, 0.2) is 23.6 Å². The molecule has 0 saturated heterocycles. The van der Waals surface area contributed by atoms with Gasteiger partial charge in [0.05, 0.1) is 5.56 Å².